The van der Waals surface area contributed by atoms with Crippen molar-refractivity contribution < 1.29 is 18.7 Å². The average molecular weight is 402 g/mol. The van der Waals surface area contributed by atoms with Crippen molar-refractivity contribution in [3.63, 3.8) is 0 Å². The highest BCUT2D eigenvalue weighted by atomic mass is 35.5. The van der Waals surface area contributed by atoms with E-state index in [-0.39, 0.29) is 18.3 Å². The van der Waals surface area contributed by atoms with E-state index in [4.69, 9.17) is 21.1 Å². The number of fused-ring (bicyclic) bond motifs is 1. The third-order valence-electron chi connectivity index (χ3n) is 4.44. The molecule has 2 heterocycles. The normalized spacial score (nSPS) is 12.7. The number of amides is 1. The maximum atomic E-state index is 13.1. The lowest BCUT2D eigenvalue weighted by Crippen LogP contribution is -2.23. The molecule has 0 atom stereocenters. The molecular formula is C20H17ClFN3O3. The molecule has 1 aliphatic heterocycles. The Labute approximate surface area is 165 Å². The molecule has 28 heavy (non-hydrogen) atoms. The van der Waals surface area contributed by atoms with E-state index >= 15 is 0 Å². The number of halogens is 2. The maximum Gasteiger partial charge on any atom is 0.255 e. The minimum atomic E-state index is -0.329. The first-order chi connectivity index (χ1) is 13.5. The van der Waals surface area contributed by atoms with Gasteiger partial charge in [0, 0.05) is 6.54 Å². The molecule has 6 nitrogen and oxygen atoms in total. The van der Waals surface area contributed by atoms with Crippen LogP contribution in [0.1, 0.15) is 21.6 Å². The molecule has 4 rings (SSSR count). The summed E-state index contributed by atoms with van der Waals surface area (Å²) in [5, 5.41) is 7.54. The first kappa shape index (κ1) is 18.3. The number of nitrogens with zero attached hydrogens (tertiary/aromatic N) is 2. The Morgan fingerprint density at radius 1 is 1.25 bits per heavy atom. The number of hydrogen-bond acceptors (Lipinski definition) is 4. The summed E-state index contributed by atoms with van der Waals surface area (Å²) < 4.78 is 25.8. The maximum absolute atomic E-state index is 13.1. The number of carbonyl (C=O) groups excluding carboxylic acids is 1. The van der Waals surface area contributed by atoms with Crippen LogP contribution in [0.4, 0.5) is 4.39 Å². The molecule has 1 aliphatic rings. The van der Waals surface area contributed by atoms with E-state index < -0.39 is 0 Å². The van der Waals surface area contributed by atoms with Gasteiger partial charge >= 0.3 is 0 Å². The predicted molar refractivity (Wildman–Crippen MR) is 102 cm³/mol. The van der Waals surface area contributed by atoms with Gasteiger partial charge in [-0.1, -0.05) is 11.6 Å². The van der Waals surface area contributed by atoms with Gasteiger partial charge in [0.15, 0.2) is 11.5 Å². The second kappa shape index (κ2) is 7.52. The number of ether oxygens (including phenoxy) is 2. The summed E-state index contributed by atoms with van der Waals surface area (Å²) in [6.07, 6.45) is 1.49. The number of rotatable bonds is 4. The van der Waals surface area contributed by atoms with E-state index in [2.05, 4.69) is 10.4 Å². The quantitative estimate of drug-likeness (QED) is 0.724. The minimum Gasteiger partial charge on any atom is -0.486 e. The van der Waals surface area contributed by atoms with Gasteiger partial charge in [0.05, 0.1) is 28.2 Å². The third kappa shape index (κ3) is 3.53. The van der Waals surface area contributed by atoms with E-state index in [0.717, 1.165) is 5.56 Å². The predicted octanol–water partition coefficient (Wildman–Crippen LogP) is 3.67. The molecule has 0 radical (unpaired) electrons. The van der Waals surface area contributed by atoms with Gasteiger partial charge in [0.25, 0.3) is 5.91 Å². The third-order valence-corrected chi connectivity index (χ3v) is 4.72. The van der Waals surface area contributed by atoms with Gasteiger partial charge < -0.3 is 14.8 Å². The van der Waals surface area contributed by atoms with Crippen LogP contribution in [0.25, 0.3) is 5.69 Å². The Morgan fingerprint density at radius 3 is 2.79 bits per heavy atom. The van der Waals surface area contributed by atoms with E-state index in [1.54, 1.807) is 35.9 Å². The summed E-state index contributed by atoms with van der Waals surface area (Å²) in [4.78, 5) is 12.6. The van der Waals surface area contributed by atoms with Gasteiger partial charge in [-0.05, 0) is 48.9 Å². The molecular weight excluding hydrogens is 385 g/mol. The van der Waals surface area contributed by atoms with Crippen LogP contribution in [0, 0.1) is 12.7 Å². The zero-order valence-electron chi connectivity index (χ0n) is 15.0. The Morgan fingerprint density at radius 2 is 2.00 bits per heavy atom. The Hall–Kier alpha value is -3.06. The molecule has 2 aromatic carbocycles. The van der Waals surface area contributed by atoms with Crippen molar-refractivity contribution in [2.24, 2.45) is 0 Å². The minimum absolute atomic E-state index is 0.267. The number of benzene rings is 2. The smallest absolute Gasteiger partial charge is 0.255 e. The summed E-state index contributed by atoms with van der Waals surface area (Å²) in [5.41, 5.74) is 2.57. The fourth-order valence-electron chi connectivity index (χ4n) is 3.02. The molecule has 3 aromatic rings. The zero-order valence-corrected chi connectivity index (χ0v) is 15.8. The molecule has 1 aromatic heterocycles. The fourth-order valence-corrected chi connectivity index (χ4v) is 3.31. The Kier molecular flexibility index (Phi) is 4.92. The highest BCUT2D eigenvalue weighted by molar-refractivity contribution is 6.32. The van der Waals surface area contributed by atoms with E-state index in [1.807, 2.05) is 0 Å². The van der Waals surface area contributed by atoms with E-state index in [0.29, 0.717) is 46.7 Å². The molecule has 0 saturated heterocycles. The van der Waals surface area contributed by atoms with Crippen LogP contribution in [0.15, 0.2) is 42.6 Å². The monoisotopic (exact) mass is 401 g/mol. The lowest BCUT2D eigenvalue weighted by Gasteiger charge is -2.20. The summed E-state index contributed by atoms with van der Waals surface area (Å²) in [6, 6.07) is 9.45. The molecule has 0 spiro atoms. The van der Waals surface area contributed by atoms with E-state index in [1.165, 1.54) is 18.3 Å². The second-order valence-electron chi connectivity index (χ2n) is 6.32. The molecule has 8 heteroatoms. The van der Waals surface area contributed by atoms with Gasteiger partial charge in [0.1, 0.15) is 19.0 Å². The number of nitrogens with one attached hydrogen (secondary N) is 1. The summed E-state index contributed by atoms with van der Waals surface area (Å²) in [7, 11) is 0. The van der Waals surface area contributed by atoms with Crippen molar-refractivity contribution in [2.75, 3.05) is 13.2 Å². The van der Waals surface area contributed by atoms with Crippen LogP contribution in [0.2, 0.25) is 5.02 Å². The topological polar surface area (TPSA) is 65.4 Å². The lowest BCUT2D eigenvalue weighted by atomic mass is 10.1. The SMILES string of the molecule is Cc1c(C(=O)NCc2cc(Cl)c3c(c2)OCCO3)cnn1-c1ccc(F)cc1. The summed E-state index contributed by atoms with van der Waals surface area (Å²) >= 11 is 6.23. The fraction of sp³-hybridized carbons (Fsp3) is 0.200. The van der Waals surface area contributed by atoms with E-state index in [9.17, 15) is 9.18 Å². The number of hydrogen-bond donors (Lipinski definition) is 1. The van der Waals surface area contributed by atoms with Crippen LogP contribution in [-0.4, -0.2) is 28.9 Å². The standard InChI is InChI=1S/C20H17ClFN3O3/c1-12-16(11-24-25(12)15-4-2-14(22)3-5-15)20(26)23-10-13-8-17(21)19-18(9-13)27-6-7-28-19/h2-5,8-9,11H,6-7,10H2,1H3,(H,23,26). The van der Waals surface area contributed by atoms with Crippen molar-refractivity contribution in [3.05, 3.63) is 70.3 Å². The van der Waals surface area contributed by atoms with Crippen LogP contribution in [0.5, 0.6) is 11.5 Å². The van der Waals surface area contributed by atoms with Gasteiger partial charge in [-0.3, -0.25) is 4.79 Å². The molecule has 0 fully saturated rings. The number of aromatic nitrogens is 2. The molecule has 0 aliphatic carbocycles. The van der Waals surface area contributed by atoms with Crippen molar-refractivity contribution in [3.8, 4) is 17.2 Å². The Balaban J connectivity index is 1.49. The molecule has 144 valence electrons. The highest BCUT2D eigenvalue weighted by Gasteiger charge is 2.18. The lowest BCUT2D eigenvalue weighted by molar-refractivity contribution is 0.0950. The van der Waals surface area contributed by atoms with Gasteiger partial charge in [-0.15, -0.1) is 0 Å². The summed E-state index contributed by atoms with van der Waals surface area (Å²) in [5.74, 6) is 0.504. The van der Waals surface area contributed by atoms with Crippen LogP contribution in [-0.2, 0) is 6.54 Å². The van der Waals surface area contributed by atoms with Gasteiger partial charge in [0.2, 0.25) is 0 Å². The van der Waals surface area contributed by atoms with Crippen LogP contribution >= 0.6 is 11.6 Å². The Bertz CT molecular complexity index is 1030. The molecule has 0 unspecified atom stereocenters. The van der Waals surface area contributed by atoms with Crippen LogP contribution < -0.4 is 14.8 Å². The first-order valence-electron chi connectivity index (χ1n) is 8.69. The summed E-state index contributed by atoms with van der Waals surface area (Å²) in [6.45, 7) is 2.98. The largest absolute Gasteiger partial charge is 0.486 e. The van der Waals surface area contributed by atoms with Crippen molar-refractivity contribution in [1.29, 1.82) is 0 Å². The second-order valence-corrected chi connectivity index (χ2v) is 6.72. The van der Waals surface area contributed by atoms with Crippen molar-refractivity contribution in [2.45, 2.75) is 13.5 Å². The first-order valence-corrected chi connectivity index (χ1v) is 9.07. The number of carbonyl (C=O) groups is 1. The van der Waals surface area contributed by atoms with Crippen molar-refractivity contribution >= 4 is 17.5 Å². The molecule has 1 amide bonds. The molecule has 0 saturated carbocycles. The van der Waals surface area contributed by atoms with Gasteiger partial charge in [-0.2, -0.15) is 5.10 Å². The highest BCUT2D eigenvalue weighted by Crippen LogP contribution is 2.38. The zero-order chi connectivity index (χ0) is 19.7. The molecule has 1 N–H and O–H groups in total. The van der Waals surface area contributed by atoms with Crippen molar-refractivity contribution in [1.82, 2.24) is 15.1 Å². The van der Waals surface area contributed by atoms with Gasteiger partial charge in [-0.25, -0.2) is 9.07 Å². The van der Waals surface area contributed by atoms with Crippen LogP contribution in [0.3, 0.4) is 0 Å². The molecule has 0 bridgehead atoms. The average Bonchev–Trinajstić information content (AvgIpc) is 3.08.